The summed E-state index contributed by atoms with van der Waals surface area (Å²) < 4.78 is 0. The molecule has 29 heavy (non-hydrogen) atoms. The molecule has 2 heterocycles. The van der Waals surface area contributed by atoms with E-state index in [9.17, 15) is 14.7 Å². The number of likely N-dealkylation sites (N-methyl/N-ethyl adjacent to an activating group) is 1. The minimum Gasteiger partial charge on any atom is -0.397 e. The molecule has 158 valence electrons. The molecule has 1 unspecified atom stereocenters. The molecular weight excluding hydrogens is 417 g/mol. The summed E-state index contributed by atoms with van der Waals surface area (Å²) in [6.07, 6.45) is -1.25. The second-order valence-electron chi connectivity index (χ2n) is 7.18. The number of amides is 2. The predicted molar refractivity (Wildman–Crippen MR) is 113 cm³/mol. The number of rotatable bonds is 5. The van der Waals surface area contributed by atoms with E-state index in [-0.39, 0.29) is 28.6 Å². The number of aliphatic hydroxyl groups is 1. The second-order valence-corrected chi connectivity index (χ2v) is 7.97. The average Bonchev–Trinajstić information content (AvgIpc) is 2.91. The summed E-state index contributed by atoms with van der Waals surface area (Å²) in [5, 5.41) is 12.8. The standard InChI is InChI=1S/C19H25Cl2N5O3/c1-11(23-2)17(27)25-7-5-24(6-8-25)14-4-3-12(9-13(14)22)10-26-18(28)15(20)16(21)19(26)29/h3-4,9,11,18,23,28H,5-8,10,22H2,1-2H3/t11-,18?/m0/s1. The van der Waals surface area contributed by atoms with Gasteiger partial charge >= 0.3 is 0 Å². The van der Waals surface area contributed by atoms with E-state index in [2.05, 4.69) is 10.2 Å². The average molecular weight is 442 g/mol. The molecule has 0 bridgehead atoms. The summed E-state index contributed by atoms with van der Waals surface area (Å²) in [5.41, 5.74) is 8.46. The maximum absolute atomic E-state index is 12.3. The predicted octanol–water partition coefficient (Wildman–Crippen LogP) is 0.875. The molecule has 2 aliphatic rings. The SMILES string of the molecule is CN[C@@H](C)C(=O)N1CCN(c2ccc(CN3C(=O)C(Cl)=C(Cl)C3O)cc2N)CC1. The minimum atomic E-state index is -1.25. The second kappa shape index (κ2) is 8.79. The molecule has 0 saturated carbocycles. The van der Waals surface area contributed by atoms with Crippen LogP contribution in [-0.4, -0.2) is 72.2 Å². The highest BCUT2D eigenvalue weighted by Crippen LogP contribution is 2.32. The van der Waals surface area contributed by atoms with E-state index >= 15 is 0 Å². The first kappa shape index (κ1) is 21.7. The van der Waals surface area contributed by atoms with E-state index in [4.69, 9.17) is 28.9 Å². The van der Waals surface area contributed by atoms with Crippen LogP contribution < -0.4 is 16.0 Å². The molecule has 1 aromatic rings. The van der Waals surface area contributed by atoms with Crippen LogP contribution in [0, 0.1) is 0 Å². The topological polar surface area (TPSA) is 102 Å². The number of benzene rings is 1. The largest absolute Gasteiger partial charge is 0.397 e. The lowest BCUT2D eigenvalue weighted by Crippen LogP contribution is -2.53. The third-order valence-corrected chi connectivity index (χ3v) is 6.21. The highest BCUT2D eigenvalue weighted by atomic mass is 35.5. The quantitative estimate of drug-likeness (QED) is 0.586. The Hall–Kier alpha value is -2.00. The lowest BCUT2D eigenvalue weighted by atomic mass is 10.1. The number of aliphatic hydroxyl groups excluding tert-OH is 1. The van der Waals surface area contributed by atoms with Crippen LogP contribution in [0.15, 0.2) is 28.3 Å². The molecule has 8 nitrogen and oxygen atoms in total. The number of halogens is 2. The van der Waals surface area contributed by atoms with Crippen molar-refractivity contribution < 1.29 is 14.7 Å². The molecule has 4 N–H and O–H groups in total. The molecule has 2 amide bonds. The third kappa shape index (κ3) is 4.30. The molecule has 0 spiro atoms. The number of carbonyl (C=O) groups is 2. The van der Waals surface area contributed by atoms with Crippen LogP contribution in [0.1, 0.15) is 12.5 Å². The van der Waals surface area contributed by atoms with Crippen LogP contribution in [0.25, 0.3) is 0 Å². The summed E-state index contributed by atoms with van der Waals surface area (Å²) in [5.74, 6) is -0.418. The Morgan fingerprint density at radius 2 is 1.97 bits per heavy atom. The van der Waals surface area contributed by atoms with Crippen molar-refractivity contribution in [1.29, 1.82) is 0 Å². The Bertz CT molecular complexity index is 839. The molecular formula is C19H25Cl2N5O3. The number of nitrogens with two attached hydrogens (primary N) is 1. The fourth-order valence-electron chi connectivity index (χ4n) is 3.50. The summed E-state index contributed by atoms with van der Waals surface area (Å²) in [7, 11) is 1.77. The molecule has 1 saturated heterocycles. The third-order valence-electron chi connectivity index (χ3n) is 5.36. The van der Waals surface area contributed by atoms with Gasteiger partial charge in [-0.25, -0.2) is 0 Å². The van der Waals surface area contributed by atoms with Crippen molar-refractivity contribution in [3.63, 3.8) is 0 Å². The maximum atomic E-state index is 12.3. The number of nitrogen functional groups attached to an aromatic ring is 1. The number of nitrogens with one attached hydrogen (secondary N) is 1. The maximum Gasteiger partial charge on any atom is 0.269 e. The lowest BCUT2D eigenvalue weighted by molar-refractivity contribution is -0.133. The van der Waals surface area contributed by atoms with Gasteiger partial charge in [0, 0.05) is 32.7 Å². The first-order valence-electron chi connectivity index (χ1n) is 9.38. The number of hydrogen-bond acceptors (Lipinski definition) is 6. The molecule has 1 aromatic carbocycles. The van der Waals surface area contributed by atoms with E-state index in [0.717, 1.165) is 11.3 Å². The smallest absolute Gasteiger partial charge is 0.269 e. The number of nitrogens with zero attached hydrogens (tertiary/aromatic N) is 3. The molecule has 2 aliphatic heterocycles. The number of piperazine rings is 1. The Kier molecular flexibility index (Phi) is 6.58. The zero-order valence-corrected chi connectivity index (χ0v) is 17.9. The Labute approximate surface area is 179 Å². The number of carbonyl (C=O) groups excluding carboxylic acids is 2. The van der Waals surface area contributed by atoms with E-state index in [1.807, 2.05) is 24.0 Å². The van der Waals surface area contributed by atoms with Gasteiger partial charge in [-0.1, -0.05) is 29.3 Å². The summed E-state index contributed by atoms with van der Waals surface area (Å²) in [6.45, 7) is 4.62. The summed E-state index contributed by atoms with van der Waals surface area (Å²) in [6, 6.07) is 5.32. The highest BCUT2D eigenvalue weighted by Gasteiger charge is 2.36. The monoisotopic (exact) mass is 441 g/mol. The van der Waals surface area contributed by atoms with Gasteiger partial charge in [0.1, 0.15) is 5.03 Å². The molecule has 1 fully saturated rings. The lowest BCUT2D eigenvalue weighted by Gasteiger charge is -2.37. The van der Waals surface area contributed by atoms with Crippen molar-refractivity contribution in [1.82, 2.24) is 15.1 Å². The zero-order valence-electron chi connectivity index (χ0n) is 16.4. The Morgan fingerprint density at radius 3 is 2.48 bits per heavy atom. The van der Waals surface area contributed by atoms with E-state index in [0.29, 0.717) is 31.9 Å². The van der Waals surface area contributed by atoms with Crippen LogP contribution in [0.2, 0.25) is 0 Å². The normalized spacial score (nSPS) is 21.2. The van der Waals surface area contributed by atoms with Gasteiger partial charge in [0.25, 0.3) is 5.91 Å². The van der Waals surface area contributed by atoms with Crippen molar-refractivity contribution in [2.24, 2.45) is 0 Å². The number of anilines is 2. The van der Waals surface area contributed by atoms with Crippen molar-refractivity contribution >= 4 is 46.4 Å². The summed E-state index contributed by atoms with van der Waals surface area (Å²) in [4.78, 5) is 29.6. The van der Waals surface area contributed by atoms with Crippen molar-refractivity contribution in [2.45, 2.75) is 25.7 Å². The first-order valence-corrected chi connectivity index (χ1v) is 10.1. The van der Waals surface area contributed by atoms with Crippen LogP contribution >= 0.6 is 23.2 Å². The molecule has 3 rings (SSSR count). The van der Waals surface area contributed by atoms with Gasteiger partial charge in [-0.3, -0.25) is 9.59 Å². The molecule has 10 heteroatoms. The van der Waals surface area contributed by atoms with Gasteiger partial charge in [0.15, 0.2) is 6.23 Å². The Morgan fingerprint density at radius 1 is 1.31 bits per heavy atom. The fraction of sp³-hybridized carbons (Fsp3) is 0.474. The van der Waals surface area contributed by atoms with E-state index in [1.54, 1.807) is 13.1 Å². The highest BCUT2D eigenvalue weighted by molar-refractivity contribution is 6.49. The van der Waals surface area contributed by atoms with Crippen LogP contribution in [-0.2, 0) is 16.1 Å². The van der Waals surface area contributed by atoms with Crippen LogP contribution in [0.3, 0.4) is 0 Å². The molecule has 0 aromatic heterocycles. The fourth-order valence-corrected chi connectivity index (χ4v) is 3.90. The van der Waals surface area contributed by atoms with Crippen molar-refractivity contribution in [3.8, 4) is 0 Å². The van der Waals surface area contributed by atoms with Crippen LogP contribution in [0.5, 0.6) is 0 Å². The number of hydrogen-bond donors (Lipinski definition) is 3. The van der Waals surface area contributed by atoms with E-state index < -0.39 is 12.1 Å². The Balaban J connectivity index is 1.64. The minimum absolute atomic E-state index is 0.0683. The van der Waals surface area contributed by atoms with Crippen LogP contribution in [0.4, 0.5) is 11.4 Å². The summed E-state index contributed by atoms with van der Waals surface area (Å²) >= 11 is 11.7. The van der Waals surface area contributed by atoms with Gasteiger partial charge in [-0.05, 0) is 31.7 Å². The van der Waals surface area contributed by atoms with E-state index in [1.165, 1.54) is 4.90 Å². The zero-order chi connectivity index (χ0) is 21.3. The van der Waals surface area contributed by atoms with Gasteiger partial charge < -0.3 is 30.9 Å². The van der Waals surface area contributed by atoms with Crippen molar-refractivity contribution in [2.75, 3.05) is 43.9 Å². The van der Waals surface area contributed by atoms with Gasteiger partial charge in [0.05, 0.1) is 22.4 Å². The first-order chi connectivity index (χ1) is 13.7. The van der Waals surface area contributed by atoms with Gasteiger partial charge in [-0.15, -0.1) is 0 Å². The molecule has 0 aliphatic carbocycles. The molecule has 0 radical (unpaired) electrons. The van der Waals surface area contributed by atoms with Gasteiger partial charge in [0.2, 0.25) is 5.91 Å². The molecule has 2 atom stereocenters. The van der Waals surface area contributed by atoms with Crippen molar-refractivity contribution in [3.05, 3.63) is 33.8 Å². The van der Waals surface area contributed by atoms with Gasteiger partial charge in [-0.2, -0.15) is 0 Å².